The van der Waals surface area contributed by atoms with Gasteiger partial charge in [0.1, 0.15) is 0 Å². The van der Waals surface area contributed by atoms with Crippen molar-refractivity contribution in [2.45, 2.75) is 38.6 Å². The molecule has 0 aromatic carbocycles. The molecule has 0 bridgehead atoms. The summed E-state index contributed by atoms with van der Waals surface area (Å²) in [5, 5.41) is 6.15. The van der Waals surface area contributed by atoms with Crippen LogP contribution < -0.4 is 10.6 Å². The van der Waals surface area contributed by atoms with Crippen LogP contribution in [0.5, 0.6) is 0 Å². The van der Waals surface area contributed by atoms with Crippen molar-refractivity contribution >= 4 is 5.91 Å². The van der Waals surface area contributed by atoms with Crippen LogP contribution >= 0.6 is 0 Å². The van der Waals surface area contributed by atoms with Crippen LogP contribution in [-0.4, -0.2) is 38.3 Å². The van der Waals surface area contributed by atoms with Gasteiger partial charge < -0.3 is 15.4 Å². The molecule has 0 atom stereocenters. The SMILES string of the molecule is CCCCNCC(=O)NC1CCOCC1. The minimum Gasteiger partial charge on any atom is -0.381 e. The van der Waals surface area contributed by atoms with E-state index in [2.05, 4.69) is 17.6 Å². The van der Waals surface area contributed by atoms with Gasteiger partial charge in [0.2, 0.25) is 5.91 Å². The monoisotopic (exact) mass is 214 g/mol. The predicted octanol–water partition coefficient (Wildman–Crippen LogP) is 0.671. The third kappa shape index (κ3) is 5.74. The van der Waals surface area contributed by atoms with Crippen molar-refractivity contribution in [3.8, 4) is 0 Å². The van der Waals surface area contributed by atoms with Gasteiger partial charge in [-0.15, -0.1) is 0 Å². The van der Waals surface area contributed by atoms with Crippen molar-refractivity contribution in [3.63, 3.8) is 0 Å². The molecule has 0 aromatic heterocycles. The molecule has 1 amide bonds. The van der Waals surface area contributed by atoms with E-state index in [-0.39, 0.29) is 5.91 Å². The molecular formula is C11H22N2O2. The summed E-state index contributed by atoms with van der Waals surface area (Å²) in [5.74, 6) is 0.109. The molecule has 1 heterocycles. The van der Waals surface area contributed by atoms with E-state index < -0.39 is 0 Å². The van der Waals surface area contributed by atoms with Gasteiger partial charge in [-0.25, -0.2) is 0 Å². The van der Waals surface area contributed by atoms with Crippen LogP contribution in [0.25, 0.3) is 0 Å². The van der Waals surface area contributed by atoms with Gasteiger partial charge in [0.15, 0.2) is 0 Å². The van der Waals surface area contributed by atoms with Crippen LogP contribution in [0.4, 0.5) is 0 Å². The Kier molecular flexibility index (Phi) is 6.36. The van der Waals surface area contributed by atoms with E-state index in [4.69, 9.17) is 4.74 Å². The zero-order valence-corrected chi connectivity index (χ0v) is 9.55. The van der Waals surface area contributed by atoms with E-state index in [1.165, 1.54) is 0 Å². The molecule has 0 unspecified atom stereocenters. The lowest BCUT2D eigenvalue weighted by Gasteiger charge is -2.23. The molecule has 1 saturated heterocycles. The number of unbranched alkanes of at least 4 members (excludes halogenated alkanes) is 1. The number of hydrogen-bond donors (Lipinski definition) is 2. The first-order valence-corrected chi connectivity index (χ1v) is 5.90. The fourth-order valence-electron chi connectivity index (χ4n) is 1.62. The normalized spacial score (nSPS) is 17.7. The molecular weight excluding hydrogens is 192 g/mol. The van der Waals surface area contributed by atoms with Gasteiger partial charge in [-0.3, -0.25) is 4.79 Å². The first kappa shape index (κ1) is 12.5. The molecule has 0 aliphatic carbocycles. The number of rotatable bonds is 6. The Morgan fingerprint density at radius 3 is 2.80 bits per heavy atom. The summed E-state index contributed by atoms with van der Waals surface area (Å²) < 4.78 is 5.23. The minimum absolute atomic E-state index is 0.109. The Morgan fingerprint density at radius 2 is 2.13 bits per heavy atom. The molecule has 1 rings (SSSR count). The van der Waals surface area contributed by atoms with Crippen LogP contribution in [0.1, 0.15) is 32.6 Å². The topological polar surface area (TPSA) is 50.4 Å². The summed E-state index contributed by atoms with van der Waals surface area (Å²) in [6.45, 7) is 5.06. The van der Waals surface area contributed by atoms with E-state index in [1.807, 2.05) is 0 Å². The van der Waals surface area contributed by atoms with Gasteiger partial charge in [-0.05, 0) is 25.8 Å². The first-order valence-electron chi connectivity index (χ1n) is 5.90. The second-order valence-corrected chi connectivity index (χ2v) is 3.98. The van der Waals surface area contributed by atoms with E-state index in [1.54, 1.807) is 0 Å². The largest absolute Gasteiger partial charge is 0.381 e. The van der Waals surface area contributed by atoms with Crippen molar-refractivity contribution < 1.29 is 9.53 Å². The Morgan fingerprint density at radius 1 is 1.40 bits per heavy atom. The van der Waals surface area contributed by atoms with Gasteiger partial charge >= 0.3 is 0 Å². The third-order valence-corrected chi connectivity index (χ3v) is 2.58. The van der Waals surface area contributed by atoms with E-state index in [0.717, 1.165) is 45.4 Å². The van der Waals surface area contributed by atoms with E-state index in [9.17, 15) is 4.79 Å². The quantitative estimate of drug-likeness (QED) is 0.639. The molecule has 88 valence electrons. The predicted molar refractivity (Wildman–Crippen MR) is 59.8 cm³/mol. The Balaban J connectivity index is 2.01. The number of hydrogen-bond acceptors (Lipinski definition) is 3. The lowest BCUT2D eigenvalue weighted by Crippen LogP contribution is -2.43. The molecule has 1 fully saturated rings. The second kappa shape index (κ2) is 7.65. The molecule has 0 spiro atoms. The van der Waals surface area contributed by atoms with Crippen molar-refractivity contribution in [2.75, 3.05) is 26.3 Å². The van der Waals surface area contributed by atoms with Crippen molar-refractivity contribution in [2.24, 2.45) is 0 Å². The fourth-order valence-corrected chi connectivity index (χ4v) is 1.62. The zero-order chi connectivity index (χ0) is 10.9. The van der Waals surface area contributed by atoms with Crippen LogP contribution in [0.15, 0.2) is 0 Å². The number of amides is 1. The van der Waals surface area contributed by atoms with Crippen molar-refractivity contribution in [3.05, 3.63) is 0 Å². The lowest BCUT2D eigenvalue weighted by atomic mass is 10.1. The van der Waals surface area contributed by atoms with Crippen molar-refractivity contribution in [1.82, 2.24) is 10.6 Å². The molecule has 0 saturated carbocycles. The Bertz CT molecular complexity index is 179. The number of ether oxygens (including phenoxy) is 1. The number of carbonyl (C=O) groups excluding carboxylic acids is 1. The summed E-state index contributed by atoms with van der Waals surface area (Å²) >= 11 is 0. The average molecular weight is 214 g/mol. The fraction of sp³-hybridized carbons (Fsp3) is 0.909. The third-order valence-electron chi connectivity index (χ3n) is 2.58. The van der Waals surface area contributed by atoms with Gasteiger partial charge in [0, 0.05) is 19.3 Å². The van der Waals surface area contributed by atoms with Crippen molar-refractivity contribution in [1.29, 1.82) is 0 Å². The Labute approximate surface area is 91.8 Å². The molecule has 4 heteroatoms. The van der Waals surface area contributed by atoms with Gasteiger partial charge in [0.25, 0.3) is 0 Å². The highest BCUT2D eigenvalue weighted by Crippen LogP contribution is 2.05. The lowest BCUT2D eigenvalue weighted by molar-refractivity contribution is -0.121. The Hall–Kier alpha value is -0.610. The van der Waals surface area contributed by atoms with Crippen LogP contribution in [0.3, 0.4) is 0 Å². The van der Waals surface area contributed by atoms with E-state index >= 15 is 0 Å². The highest BCUT2D eigenvalue weighted by atomic mass is 16.5. The molecule has 1 aliphatic heterocycles. The van der Waals surface area contributed by atoms with Gasteiger partial charge in [-0.2, -0.15) is 0 Å². The summed E-state index contributed by atoms with van der Waals surface area (Å²) in [4.78, 5) is 11.5. The smallest absolute Gasteiger partial charge is 0.234 e. The van der Waals surface area contributed by atoms with Crippen LogP contribution in [0, 0.1) is 0 Å². The average Bonchev–Trinajstić information content (AvgIpc) is 2.26. The van der Waals surface area contributed by atoms with Gasteiger partial charge in [-0.1, -0.05) is 13.3 Å². The zero-order valence-electron chi connectivity index (χ0n) is 9.55. The summed E-state index contributed by atoms with van der Waals surface area (Å²) in [6.07, 6.45) is 4.18. The molecule has 0 aromatic rings. The summed E-state index contributed by atoms with van der Waals surface area (Å²) in [5.41, 5.74) is 0. The number of nitrogens with one attached hydrogen (secondary N) is 2. The van der Waals surface area contributed by atoms with Gasteiger partial charge in [0.05, 0.1) is 6.54 Å². The molecule has 4 nitrogen and oxygen atoms in total. The summed E-state index contributed by atoms with van der Waals surface area (Å²) in [6, 6.07) is 0.319. The standard InChI is InChI=1S/C11H22N2O2/c1-2-3-6-12-9-11(14)13-10-4-7-15-8-5-10/h10,12H,2-9H2,1H3,(H,13,14). The maximum absolute atomic E-state index is 11.5. The van der Waals surface area contributed by atoms with Crippen LogP contribution in [-0.2, 0) is 9.53 Å². The molecule has 15 heavy (non-hydrogen) atoms. The number of carbonyl (C=O) groups is 1. The van der Waals surface area contributed by atoms with E-state index in [0.29, 0.717) is 12.6 Å². The minimum atomic E-state index is 0.109. The van der Waals surface area contributed by atoms with Crippen LogP contribution in [0.2, 0.25) is 0 Å². The molecule has 0 radical (unpaired) electrons. The maximum atomic E-state index is 11.5. The first-order chi connectivity index (χ1) is 7.33. The second-order valence-electron chi connectivity index (χ2n) is 3.98. The highest BCUT2D eigenvalue weighted by Gasteiger charge is 2.15. The molecule has 2 N–H and O–H groups in total. The maximum Gasteiger partial charge on any atom is 0.234 e. The summed E-state index contributed by atoms with van der Waals surface area (Å²) in [7, 11) is 0. The molecule has 1 aliphatic rings. The highest BCUT2D eigenvalue weighted by molar-refractivity contribution is 5.78.